The number of hydrogen-bond donors (Lipinski definition) is 3. The van der Waals surface area contributed by atoms with Gasteiger partial charge < -0.3 is 15.5 Å². The number of aliphatic imine (C=N–C) groups is 1. The fourth-order valence-electron chi connectivity index (χ4n) is 1.39. The fraction of sp³-hybridized carbons (Fsp3) is 0.545. The number of nitrogens with zero attached hydrogens (tertiary/aromatic N) is 1. The van der Waals surface area contributed by atoms with Crippen LogP contribution in [0.1, 0.15) is 11.5 Å². The average molecular weight is 320 g/mol. The Morgan fingerprint density at radius 2 is 2.15 bits per heavy atom. The normalized spacial score (nSPS) is 12.6. The molecule has 0 radical (unpaired) electrons. The van der Waals surface area contributed by atoms with Crippen LogP contribution in [0.25, 0.3) is 0 Å². The maximum absolute atomic E-state index is 10.9. The van der Waals surface area contributed by atoms with Crippen molar-refractivity contribution < 1.29 is 12.8 Å². The Kier molecular flexibility index (Phi) is 6.89. The third kappa shape index (κ3) is 7.41. The van der Waals surface area contributed by atoms with Gasteiger partial charge in [0.15, 0.2) is 0 Å². The summed E-state index contributed by atoms with van der Waals surface area (Å²) in [6.45, 7) is 1.16. The lowest BCUT2D eigenvalue weighted by atomic mass is 10.4. The topological polar surface area (TPSA) is 110 Å². The Morgan fingerprint density at radius 1 is 1.45 bits per heavy atom. The van der Waals surface area contributed by atoms with E-state index < -0.39 is 10.0 Å². The summed E-state index contributed by atoms with van der Waals surface area (Å²) in [5, 5.41) is 3.02. The molecule has 4 N–H and O–H groups in total. The van der Waals surface area contributed by atoms with Crippen molar-refractivity contribution in [3.8, 4) is 0 Å². The SMILES string of the molecule is CNCc1ccc(CSCCN=C(N)NS(C)(=O)=O)o1. The number of guanidine groups is 1. The van der Waals surface area contributed by atoms with Crippen molar-refractivity contribution in [1.82, 2.24) is 10.0 Å². The molecule has 0 aliphatic heterocycles. The van der Waals surface area contributed by atoms with Gasteiger partial charge in [0.1, 0.15) is 11.5 Å². The molecule has 0 aromatic carbocycles. The van der Waals surface area contributed by atoms with E-state index in [0.29, 0.717) is 13.1 Å². The molecule has 0 bridgehead atoms. The van der Waals surface area contributed by atoms with Crippen LogP contribution in [0.2, 0.25) is 0 Å². The predicted octanol–water partition coefficient (Wildman–Crippen LogP) is 0.0961. The molecule has 9 heteroatoms. The molecule has 0 amide bonds. The Labute approximate surface area is 123 Å². The van der Waals surface area contributed by atoms with Crippen LogP contribution in [0.5, 0.6) is 0 Å². The Morgan fingerprint density at radius 3 is 2.80 bits per heavy atom. The highest BCUT2D eigenvalue weighted by Gasteiger charge is 2.03. The third-order valence-electron chi connectivity index (χ3n) is 2.12. The molecule has 1 heterocycles. The van der Waals surface area contributed by atoms with E-state index in [4.69, 9.17) is 10.2 Å². The van der Waals surface area contributed by atoms with Crippen LogP contribution in [0.3, 0.4) is 0 Å². The lowest BCUT2D eigenvalue weighted by Gasteiger charge is -2.02. The molecular formula is C11H20N4O3S2. The van der Waals surface area contributed by atoms with Gasteiger partial charge in [0.2, 0.25) is 16.0 Å². The van der Waals surface area contributed by atoms with Gasteiger partial charge in [-0.3, -0.25) is 9.71 Å². The highest BCUT2D eigenvalue weighted by atomic mass is 32.2. The van der Waals surface area contributed by atoms with E-state index in [9.17, 15) is 8.42 Å². The van der Waals surface area contributed by atoms with Crippen LogP contribution in [-0.4, -0.2) is 40.0 Å². The summed E-state index contributed by atoms with van der Waals surface area (Å²) >= 11 is 1.64. The number of hydrogen-bond acceptors (Lipinski definition) is 6. The lowest BCUT2D eigenvalue weighted by molar-refractivity contribution is 0.469. The second kappa shape index (κ2) is 8.18. The summed E-state index contributed by atoms with van der Waals surface area (Å²) in [5.41, 5.74) is 5.41. The molecule has 0 fully saturated rings. The maximum atomic E-state index is 10.9. The van der Waals surface area contributed by atoms with Crippen molar-refractivity contribution in [1.29, 1.82) is 0 Å². The zero-order valence-electron chi connectivity index (χ0n) is 11.5. The molecule has 1 rings (SSSR count). The molecule has 7 nitrogen and oxygen atoms in total. The third-order valence-corrected chi connectivity index (χ3v) is 3.66. The quantitative estimate of drug-likeness (QED) is 0.356. The molecule has 1 aromatic rings. The van der Waals surface area contributed by atoms with Crippen LogP contribution < -0.4 is 15.8 Å². The van der Waals surface area contributed by atoms with Gasteiger partial charge >= 0.3 is 0 Å². The van der Waals surface area contributed by atoms with Crippen LogP contribution in [0, 0.1) is 0 Å². The molecule has 0 unspecified atom stereocenters. The zero-order valence-corrected chi connectivity index (χ0v) is 13.2. The molecule has 1 aromatic heterocycles. The van der Waals surface area contributed by atoms with Crippen LogP contribution >= 0.6 is 11.8 Å². The van der Waals surface area contributed by atoms with Gasteiger partial charge in [0.05, 0.1) is 25.1 Å². The Hall–Kier alpha value is -1.19. The minimum absolute atomic E-state index is 0.0811. The van der Waals surface area contributed by atoms with E-state index in [2.05, 4.69) is 15.0 Å². The van der Waals surface area contributed by atoms with Crippen molar-refractivity contribution in [3.63, 3.8) is 0 Å². The van der Waals surface area contributed by atoms with Gasteiger partial charge in [-0.05, 0) is 19.2 Å². The van der Waals surface area contributed by atoms with Crippen LogP contribution in [-0.2, 0) is 22.3 Å². The Bertz CT molecular complexity index is 540. The summed E-state index contributed by atoms with van der Waals surface area (Å²) < 4.78 is 29.4. The Balaban J connectivity index is 2.22. The van der Waals surface area contributed by atoms with Crippen molar-refractivity contribution in [2.75, 3.05) is 25.6 Å². The van der Waals surface area contributed by atoms with Crippen molar-refractivity contribution in [3.05, 3.63) is 23.7 Å². The maximum Gasteiger partial charge on any atom is 0.232 e. The van der Waals surface area contributed by atoms with Crippen LogP contribution in [0.15, 0.2) is 21.5 Å². The minimum atomic E-state index is -3.35. The number of thioether (sulfide) groups is 1. The highest BCUT2D eigenvalue weighted by Crippen LogP contribution is 2.15. The molecule has 0 atom stereocenters. The predicted molar refractivity (Wildman–Crippen MR) is 82.1 cm³/mol. The van der Waals surface area contributed by atoms with Crippen LogP contribution in [0.4, 0.5) is 0 Å². The smallest absolute Gasteiger partial charge is 0.232 e. The van der Waals surface area contributed by atoms with E-state index in [0.717, 1.165) is 29.3 Å². The molecule has 0 saturated heterocycles. The highest BCUT2D eigenvalue weighted by molar-refractivity contribution is 7.98. The summed E-state index contributed by atoms with van der Waals surface area (Å²) in [4.78, 5) is 3.92. The first kappa shape index (κ1) is 16.9. The number of furan rings is 1. The van der Waals surface area contributed by atoms with E-state index in [1.54, 1.807) is 11.8 Å². The molecule has 20 heavy (non-hydrogen) atoms. The largest absolute Gasteiger partial charge is 0.464 e. The average Bonchev–Trinajstić information content (AvgIpc) is 2.74. The zero-order chi connectivity index (χ0) is 15.0. The number of nitrogens with two attached hydrogens (primary N) is 1. The second-order valence-electron chi connectivity index (χ2n) is 4.09. The van der Waals surface area contributed by atoms with Gasteiger partial charge in [-0.1, -0.05) is 0 Å². The van der Waals surface area contributed by atoms with Crippen molar-refractivity contribution in [2.45, 2.75) is 12.3 Å². The molecular weight excluding hydrogens is 300 g/mol. The summed E-state index contributed by atoms with van der Waals surface area (Å²) in [7, 11) is -1.48. The van der Waals surface area contributed by atoms with Crippen molar-refractivity contribution >= 4 is 27.7 Å². The molecule has 0 aliphatic carbocycles. The summed E-state index contributed by atoms with van der Waals surface area (Å²) in [6, 6.07) is 3.89. The first-order valence-corrected chi connectivity index (χ1v) is 9.03. The molecule has 0 spiro atoms. The standard InChI is InChI=1S/C11H20N4O3S2/c1-13-7-9-3-4-10(18-9)8-19-6-5-14-11(12)15-20(2,16)17/h3-4,13H,5-8H2,1-2H3,(H3,12,14,15). The lowest BCUT2D eigenvalue weighted by Crippen LogP contribution is -2.36. The van der Waals surface area contributed by atoms with E-state index >= 15 is 0 Å². The summed E-state index contributed by atoms with van der Waals surface area (Å²) in [5.74, 6) is 3.21. The van der Waals surface area contributed by atoms with Gasteiger partial charge in [-0.2, -0.15) is 11.8 Å². The molecule has 0 aliphatic rings. The minimum Gasteiger partial charge on any atom is -0.464 e. The number of rotatable bonds is 8. The van der Waals surface area contributed by atoms with Gasteiger partial charge in [-0.15, -0.1) is 0 Å². The van der Waals surface area contributed by atoms with Crippen molar-refractivity contribution in [2.24, 2.45) is 10.7 Å². The first-order chi connectivity index (χ1) is 9.40. The number of nitrogens with one attached hydrogen (secondary N) is 2. The summed E-state index contributed by atoms with van der Waals surface area (Å²) in [6.07, 6.45) is 1.03. The first-order valence-electron chi connectivity index (χ1n) is 5.98. The van der Waals surface area contributed by atoms with E-state index in [1.165, 1.54) is 0 Å². The monoisotopic (exact) mass is 320 g/mol. The van der Waals surface area contributed by atoms with Gasteiger partial charge in [0, 0.05) is 5.75 Å². The van der Waals surface area contributed by atoms with Gasteiger partial charge in [-0.25, -0.2) is 8.42 Å². The number of sulfonamides is 1. The molecule has 0 saturated carbocycles. The fourth-order valence-corrected chi connectivity index (χ4v) is 2.56. The second-order valence-corrected chi connectivity index (χ2v) is 6.95. The molecule has 114 valence electrons. The van der Waals surface area contributed by atoms with E-state index in [1.807, 2.05) is 19.2 Å². The van der Waals surface area contributed by atoms with E-state index in [-0.39, 0.29) is 5.96 Å². The van der Waals surface area contributed by atoms with Gasteiger partial charge in [0.25, 0.3) is 0 Å².